The Hall–Kier alpha value is -3.37. The molecule has 0 spiro atoms. The van der Waals surface area contributed by atoms with Crippen LogP contribution < -0.4 is 10.2 Å². The number of anilines is 1. The SMILES string of the molecule is C/C=C(/C=C/C=C1/C=C2N(C)c3ccccc3C2(C)C(C)(C)C1)CC(C)(CCCC(=O)O)C(C)(C)c1ccccc1[NH2+]C. The van der Waals surface area contributed by atoms with Crippen LogP contribution in [-0.2, 0) is 15.6 Å². The average Bonchev–Trinajstić information content (AvgIpc) is 3.19. The normalized spacial score (nSPS) is 22.3. The number of carboxylic acid groups (broad SMARTS) is 1. The predicted octanol–water partition coefficient (Wildman–Crippen LogP) is 8.59. The second-order valence-electron chi connectivity index (χ2n) is 14.2. The van der Waals surface area contributed by atoms with Crippen LogP contribution in [0, 0.1) is 10.8 Å². The summed E-state index contributed by atoms with van der Waals surface area (Å²) in [6, 6.07) is 17.5. The van der Waals surface area contributed by atoms with Crippen molar-refractivity contribution in [1.29, 1.82) is 0 Å². The molecular formula is C39H53N2O2+. The monoisotopic (exact) mass is 581 g/mol. The summed E-state index contributed by atoms with van der Waals surface area (Å²) in [5, 5.41) is 11.6. The summed E-state index contributed by atoms with van der Waals surface area (Å²) in [5.41, 5.74) is 9.03. The van der Waals surface area contributed by atoms with E-state index in [2.05, 4.69) is 152 Å². The molecule has 4 rings (SSSR count). The van der Waals surface area contributed by atoms with Gasteiger partial charge in [-0.25, -0.2) is 0 Å². The molecule has 230 valence electrons. The molecule has 0 radical (unpaired) electrons. The molecule has 43 heavy (non-hydrogen) atoms. The molecule has 0 bridgehead atoms. The molecule has 0 amide bonds. The third kappa shape index (κ3) is 5.91. The van der Waals surface area contributed by atoms with E-state index in [9.17, 15) is 9.90 Å². The first-order valence-corrected chi connectivity index (χ1v) is 15.9. The van der Waals surface area contributed by atoms with Crippen molar-refractivity contribution < 1.29 is 15.2 Å². The van der Waals surface area contributed by atoms with E-state index in [1.54, 1.807) is 0 Å². The topological polar surface area (TPSA) is 57.2 Å². The number of hydrogen-bond acceptors (Lipinski definition) is 2. The van der Waals surface area contributed by atoms with E-state index in [1.807, 2.05) is 0 Å². The van der Waals surface area contributed by atoms with E-state index in [4.69, 9.17) is 0 Å². The van der Waals surface area contributed by atoms with Crippen LogP contribution in [0.4, 0.5) is 11.4 Å². The summed E-state index contributed by atoms with van der Waals surface area (Å²) in [7, 11) is 4.29. The standard InChI is InChI=1S/C39H52N2O2/c1-10-28(27-38(6,24-16-23-35(42)43)37(4,5)30-19-11-13-21-32(30)40-8)17-15-18-29-25-34-39(7,36(2,3)26-29)31-20-12-14-22-33(31)41(34)9/h10-15,17-22,25,40H,16,23-24,26-27H2,1-9H3,(H,42,43)/p+1/b17-15+,28-10-,29-18-. The first kappa shape index (κ1) is 32.5. The summed E-state index contributed by atoms with van der Waals surface area (Å²) >= 11 is 0. The van der Waals surface area contributed by atoms with Crippen LogP contribution in [0.2, 0.25) is 0 Å². The Bertz CT molecular complexity index is 1470. The second kappa shape index (κ2) is 12.3. The van der Waals surface area contributed by atoms with Crippen molar-refractivity contribution in [3.63, 3.8) is 0 Å². The van der Waals surface area contributed by atoms with E-state index in [0.717, 1.165) is 19.3 Å². The lowest BCUT2D eigenvalue weighted by atomic mass is 9.57. The van der Waals surface area contributed by atoms with Gasteiger partial charge in [0.15, 0.2) is 0 Å². The number of allylic oxidation sites excluding steroid dienone is 8. The van der Waals surface area contributed by atoms with E-state index in [0.29, 0.717) is 6.42 Å². The van der Waals surface area contributed by atoms with Gasteiger partial charge in [-0.1, -0.05) is 101 Å². The molecule has 0 saturated carbocycles. The van der Waals surface area contributed by atoms with Crippen LogP contribution in [0.15, 0.2) is 95.8 Å². The van der Waals surface area contributed by atoms with E-state index < -0.39 is 5.97 Å². The number of hydrogen-bond donors (Lipinski definition) is 2. The Kier molecular flexibility index (Phi) is 9.32. The lowest BCUT2D eigenvalue weighted by Gasteiger charge is -2.47. The van der Waals surface area contributed by atoms with E-state index in [1.165, 1.54) is 39.3 Å². The fourth-order valence-corrected chi connectivity index (χ4v) is 7.66. The molecule has 4 nitrogen and oxygen atoms in total. The van der Waals surface area contributed by atoms with Gasteiger partial charge in [0.2, 0.25) is 0 Å². The van der Waals surface area contributed by atoms with Crippen LogP contribution in [0.25, 0.3) is 0 Å². The lowest BCUT2D eigenvalue weighted by molar-refractivity contribution is -0.540. The van der Waals surface area contributed by atoms with Crippen molar-refractivity contribution in [2.75, 3.05) is 19.0 Å². The van der Waals surface area contributed by atoms with Crippen LogP contribution in [0.5, 0.6) is 0 Å². The summed E-state index contributed by atoms with van der Waals surface area (Å²) in [6.07, 6.45) is 15.0. The van der Waals surface area contributed by atoms with Crippen molar-refractivity contribution in [3.8, 4) is 0 Å². The molecule has 2 aliphatic rings. The third-order valence-electron chi connectivity index (χ3n) is 11.2. The highest BCUT2D eigenvalue weighted by molar-refractivity contribution is 5.72. The Morgan fingerprint density at radius 2 is 1.74 bits per heavy atom. The van der Waals surface area contributed by atoms with Gasteiger partial charge in [-0.15, -0.1) is 0 Å². The minimum Gasteiger partial charge on any atom is -0.481 e. The molecule has 2 unspecified atom stereocenters. The van der Waals surface area contributed by atoms with Gasteiger partial charge in [0.1, 0.15) is 5.69 Å². The summed E-state index contributed by atoms with van der Waals surface area (Å²) in [4.78, 5) is 13.8. The van der Waals surface area contributed by atoms with Crippen molar-refractivity contribution in [3.05, 3.63) is 107 Å². The van der Waals surface area contributed by atoms with Crippen molar-refractivity contribution in [2.24, 2.45) is 10.8 Å². The predicted molar refractivity (Wildman–Crippen MR) is 181 cm³/mol. The van der Waals surface area contributed by atoms with Gasteiger partial charge in [-0.05, 0) is 79.7 Å². The highest BCUT2D eigenvalue weighted by Crippen LogP contribution is 2.60. The zero-order chi connectivity index (χ0) is 31.6. The van der Waals surface area contributed by atoms with E-state index in [-0.39, 0.29) is 28.1 Å². The number of likely N-dealkylation sites (N-methyl/N-ethyl adjacent to an activating group) is 1. The van der Waals surface area contributed by atoms with Crippen LogP contribution in [-0.4, -0.2) is 25.2 Å². The first-order chi connectivity index (χ1) is 20.2. The fraction of sp³-hybridized carbons (Fsp3) is 0.462. The molecule has 3 N–H and O–H groups in total. The molecule has 0 fully saturated rings. The van der Waals surface area contributed by atoms with Crippen molar-refractivity contribution in [2.45, 2.75) is 91.4 Å². The summed E-state index contributed by atoms with van der Waals surface area (Å²) in [6.45, 7) is 16.3. The van der Waals surface area contributed by atoms with Crippen LogP contribution >= 0.6 is 0 Å². The number of benzene rings is 2. The molecule has 2 aromatic carbocycles. The van der Waals surface area contributed by atoms with Crippen molar-refractivity contribution >= 4 is 17.3 Å². The van der Waals surface area contributed by atoms with Crippen LogP contribution in [0.1, 0.15) is 91.7 Å². The minimum atomic E-state index is -0.725. The van der Waals surface area contributed by atoms with Gasteiger partial charge >= 0.3 is 5.97 Å². The van der Waals surface area contributed by atoms with Gasteiger partial charge in [-0.2, -0.15) is 0 Å². The van der Waals surface area contributed by atoms with Gasteiger partial charge in [-0.3, -0.25) is 4.79 Å². The fourth-order valence-electron chi connectivity index (χ4n) is 7.66. The maximum Gasteiger partial charge on any atom is 0.303 e. The smallest absolute Gasteiger partial charge is 0.303 e. The zero-order valence-corrected chi connectivity index (χ0v) is 27.9. The van der Waals surface area contributed by atoms with E-state index >= 15 is 0 Å². The third-order valence-corrected chi connectivity index (χ3v) is 11.2. The molecule has 1 aliphatic carbocycles. The molecule has 2 atom stereocenters. The molecule has 1 heterocycles. The number of rotatable bonds is 11. The maximum absolute atomic E-state index is 11.5. The largest absolute Gasteiger partial charge is 0.481 e. The number of quaternary nitrogens is 1. The molecule has 2 aromatic rings. The van der Waals surface area contributed by atoms with Gasteiger partial charge in [0.25, 0.3) is 0 Å². The Morgan fingerprint density at radius 3 is 2.42 bits per heavy atom. The number of para-hydroxylation sites is 2. The number of carbonyl (C=O) groups is 1. The zero-order valence-electron chi connectivity index (χ0n) is 27.9. The highest BCUT2D eigenvalue weighted by atomic mass is 16.4. The van der Waals surface area contributed by atoms with Gasteiger partial charge in [0.05, 0.1) is 7.05 Å². The Labute approximate surface area is 260 Å². The maximum atomic E-state index is 11.5. The molecule has 4 heteroatoms. The molecule has 0 saturated heterocycles. The van der Waals surface area contributed by atoms with Gasteiger partial charge in [0, 0.05) is 41.2 Å². The number of nitrogens with zero attached hydrogens (tertiary/aromatic N) is 1. The first-order valence-electron chi connectivity index (χ1n) is 15.9. The lowest BCUT2D eigenvalue weighted by Crippen LogP contribution is -2.73. The quantitative estimate of drug-likeness (QED) is 0.206. The average molecular weight is 582 g/mol. The highest BCUT2D eigenvalue weighted by Gasteiger charge is 2.54. The van der Waals surface area contributed by atoms with Gasteiger partial charge < -0.3 is 15.3 Å². The number of carboxylic acids is 1. The summed E-state index contributed by atoms with van der Waals surface area (Å²) in [5.74, 6) is -0.725. The van der Waals surface area contributed by atoms with Crippen molar-refractivity contribution in [1.82, 2.24) is 0 Å². The number of nitrogens with two attached hydrogens (primary N) is 1. The molecule has 1 aliphatic heterocycles. The Balaban J connectivity index is 1.63. The Morgan fingerprint density at radius 1 is 1.07 bits per heavy atom. The minimum absolute atomic E-state index is 0.0244. The summed E-state index contributed by atoms with van der Waals surface area (Å²) < 4.78 is 0. The number of fused-ring (bicyclic) bond motifs is 3. The number of aliphatic carboxylic acids is 1. The second-order valence-corrected chi connectivity index (χ2v) is 14.2. The van der Waals surface area contributed by atoms with Crippen LogP contribution in [0.3, 0.4) is 0 Å². The molecule has 0 aromatic heterocycles. The molecular weight excluding hydrogens is 528 g/mol.